The van der Waals surface area contributed by atoms with Crippen LogP contribution in [0.15, 0.2) is 71.8 Å². The molecule has 9 heteroatoms. The van der Waals surface area contributed by atoms with Crippen LogP contribution in [0, 0.1) is 0 Å². The lowest BCUT2D eigenvalue weighted by molar-refractivity contribution is -0.129. The number of nitrogens with zero attached hydrogens (tertiary/aromatic N) is 1. The van der Waals surface area contributed by atoms with Gasteiger partial charge in [0, 0.05) is 0 Å². The highest BCUT2D eigenvalue weighted by Crippen LogP contribution is 2.38. The van der Waals surface area contributed by atoms with Gasteiger partial charge in [-0.15, -0.1) is 0 Å². The topological polar surface area (TPSA) is 116 Å². The number of hydrazone groups is 1. The Morgan fingerprint density at radius 2 is 1.59 bits per heavy atom. The number of hydrogen-bond donors (Lipinski definition) is 2. The number of amides is 1. The summed E-state index contributed by atoms with van der Waals surface area (Å²) in [7, 11) is 4.37. The first-order chi connectivity index (χ1) is 16.5. The van der Waals surface area contributed by atoms with Crippen LogP contribution in [-0.4, -0.2) is 44.5 Å². The molecule has 2 N–H and O–H groups in total. The largest absolute Gasteiger partial charge is 0.493 e. The summed E-state index contributed by atoms with van der Waals surface area (Å²) in [6, 6.07) is 18.0. The number of hydrogen-bond acceptors (Lipinski definition) is 8. The molecular formula is C25H24N2O7. The summed E-state index contributed by atoms with van der Waals surface area (Å²) >= 11 is 0. The number of methoxy groups -OCH3 is 3. The first-order valence-corrected chi connectivity index (χ1v) is 10.1. The average Bonchev–Trinajstić information content (AvgIpc) is 2.87. The van der Waals surface area contributed by atoms with Gasteiger partial charge in [-0.2, -0.15) is 5.10 Å². The number of rotatable bonds is 9. The third-order valence-electron chi connectivity index (χ3n) is 4.72. The molecule has 1 amide bonds. The van der Waals surface area contributed by atoms with E-state index in [0.717, 1.165) is 0 Å². The maximum Gasteiger partial charge on any atom is 0.343 e. The molecule has 34 heavy (non-hydrogen) atoms. The van der Waals surface area contributed by atoms with E-state index in [9.17, 15) is 14.7 Å². The van der Waals surface area contributed by atoms with E-state index in [1.54, 1.807) is 54.6 Å². The Morgan fingerprint density at radius 3 is 2.21 bits per heavy atom. The lowest BCUT2D eigenvalue weighted by Gasteiger charge is -2.13. The predicted molar refractivity (Wildman–Crippen MR) is 125 cm³/mol. The Labute approximate surface area is 196 Å². The molecule has 0 heterocycles. The molecule has 0 fully saturated rings. The van der Waals surface area contributed by atoms with Crippen molar-refractivity contribution in [3.8, 4) is 23.0 Å². The minimum Gasteiger partial charge on any atom is -0.493 e. The molecule has 0 saturated heterocycles. The van der Waals surface area contributed by atoms with Gasteiger partial charge >= 0.3 is 5.97 Å². The summed E-state index contributed by atoms with van der Waals surface area (Å²) in [6.45, 7) is 0. The normalized spacial score (nSPS) is 11.5. The molecule has 0 aliphatic rings. The molecule has 0 radical (unpaired) electrons. The van der Waals surface area contributed by atoms with Crippen molar-refractivity contribution >= 4 is 18.1 Å². The van der Waals surface area contributed by atoms with Crippen molar-refractivity contribution < 1.29 is 33.6 Å². The van der Waals surface area contributed by atoms with Gasteiger partial charge in [-0.3, -0.25) is 4.79 Å². The first-order valence-electron chi connectivity index (χ1n) is 10.1. The second-order valence-corrected chi connectivity index (χ2v) is 6.92. The standard InChI is InChI=1S/C25H24N2O7/c1-31-20-13-18(14-21(32-2)23(20)33-3)25(30)34-19-11-7-8-16(12-19)15-26-27-24(29)22(28)17-9-5-4-6-10-17/h4-15,22,28H,1-3H3,(H,27,29). The van der Waals surface area contributed by atoms with Crippen LogP contribution in [-0.2, 0) is 4.79 Å². The van der Waals surface area contributed by atoms with Crippen molar-refractivity contribution in [2.24, 2.45) is 5.10 Å². The van der Waals surface area contributed by atoms with Crippen molar-refractivity contribution in [3.05, 3.63) is 83.4 Å². The Hall–Kier alpha value is -4.37. The lowest BCUT2D eigenvalue weighted by atomic mass is 10.1. The average molecular weight is 464 g/mol. The van der Waals surface area contributed by atoms with Crippen LogP contribution in [0.3, 0.4) is 0 Å². The van der Waals surface area contributed by atoms with Crippen molar-refractivity contribution in [1.82, 2.24) is 5.43 Å². The molecule has 9 nitrogen and oxygen atoms in total. The van der Waals surface area contributed by atoms with E-state index in [1.165, 1.54) is 39.7 Å². The van der Waals surface area contributed by atoms with Crippen molar-refractivity contribution in [3.63, 3.8) is 0 Å². The number of carbonyl (C=O) groups excluding carboxylic acids is 2. The van der Waals surface area contributed by atoms with Gasteiger partial charge in [-0.1, -0.05) is 42.5 Å². The first kappa shape index (κ1) is 24.3. The molecule has 1 unspecified atom stereocenters. The fourth-order valence-corrected chi connectivity index (χ4v) is 3.04. The molecule has 0 aliphatic heterocycles. The van der Waals surface area contributed by atoms with E-state index in [4.69, 9.17) is 18.9 Å². The van der Waals surface area contributed by atoms with E-state index in [1.807, 2.05) is 0 Å². The molecule has 176 valence electrons. The second-order valence-electron chi connectivity index (χ2n) is 6.92. The summed E-state index contributed by atoms with van der Waals surface area (Å²) in [5.74, 6) is -0.0381. The second kappa shape index (κ2) is 11.5. The number of aliphatic hydroxyl groups excluding tert-OH is 1. The minimum atomic E-state index is -1.34. The van der Waals surface area contributed by atoms with E-state index >= 15 is 0 Å². The van der Waals surface area contributed by atoms with Gasteiger partial charge in [0.15, 0.2) is 17.6 Å². The molecule has 1 atom stereocenters. The zero-order valence-corrected chi connectivity index (χ0v) is 18.8. The summed E-state index contributed by atoms with van der Waals surface area (Å²) in [5.41, 5.74) is 3.50. The Morgan fingerprint density at radius 1 is 0.912 bits per heavy atom. The van der Waals surface area contributed by atoms with Gasteiger partial charge in [-0.05, 0) is 35.4 Å². The molecule has 0 bridgehead atoms. The number of benzene rings is 3. The Balaban J connectivity index is 1.67. The van der Waals surface area contributed by atoms with Crippen LogP contribution in [0.25, 0.3) is 0 Å². The van der Waals surface area contributed by atoms with Gasteiger partial charge in [0.25, 0.3) is 5.91 Å². The number of carbonyl (C=O) groups is 2. The van der Waals surface area contributed by atoms with E-state index in [0.29, 0.717) is 28.4 Å². The van der Waals surface area contributed by atoms with Gasteiger partial charge in [0.05, 0.1) is 33.1 Å². The Bertz CT molecular complexity index is 1150. The Kier molecular flexibility index (Phi) is 8.20. The van der Waals surface area contributed by atoms with E-state index < -0.39 is 18.0 Å². The van der Waals surface area contributed by atoms with E-state index in [2.05, 4.69) is 10.5 Å². The highest BCUT2D eigenvalue weighted by atomic mass is 16.5. The lowest BCUT2D eigenvalue weighted by Crippen LogP contribution is -2.25. The van der Waals surface area contributed by atoms with E-state index in [-0.39, 0.29) is 11.3 Å². The summed E-state index contributed by atoms with van der Waals surface area (Å²) in [6.07, 6.45) is 0.0240. The summed E-state index contributed by atoms with van der Waals surface area (Å²) < 4.78 is 21.2. The van der Waals surface area contributed by atoms with Crippen LogP contribution in [0.5, 0.6) is 23.0 Å². The third kappa shape index (κ3) is 5.90. The number of nitrogens with one attached hydrogen (secondary N) is 1. The van der Waals surface area contributed by atoms with Gasteiger partial charge < -0.3 is 24.1 Å². The third-order valence-corrected chi connectivity index (χ3v) is 4.72. The van der Waals surface area contributed by atoms with Crippen LogP contribution in [0.4, 0.5) is 0 Å². The SMILES string of the molecule is COc1cc(C(=O)Oc2cccc(C=NNC(=O)C(O)c3ccccc3)c2)cc(OC)c1OC. The molecular weight excluding hydrogens is 440 g/mol. The van der Waals surface area contributed by atoms with Crippen molar-refractivity contribution in [2.75, 3.05) is 21.3 Å². The monoisotopic (exact) mass is 464 g/mol. The molecule has 3 aromatic carbocycles. The maximum atomic E-state index is 12.7. The fourth-order valence-electron chi connectivity index (χ4n) is 3.04. The molecule has 3 rings (SSSR count). The van der Waals surface area contributed by atoms with Crippen molar-refractivity contribution in [2.45, 2.75) is 6.10 Å². The van der Waals surface area contributed by atoms with Crippen LogP contribution in [0.2, 0.25) is 0 Å². The summed E-state index contributed by atoms with van der Waals surface area (Å²) in [4.78, 5) is 24.8. The summed E-state index contributed by atoms with van der Waals surface area (Å²) in [5, 5.41) is 13.9. The molecule has 0 spiro atoms. The highest BCUT2D eigenvalue weighted by Gasteiger charge is 2.19. The maximum absolute atomic E-state index is 12.7. The number of ether oxygens (including phenoxy) is 4. The van der Waals surface area contributed by atoms with Gasteiger partial charge in [0.1, 0.15) is 5.75 Å². The number of esters is 1. The van der Waals surface area contributed by atoms with Crippen molar-refractivity contribution in [1.29, 1.82) is 0 Å². The van der Waals surface area contributed by atoms with Crippen LogP contribution >= 0.6 is 0 Å². The zero-order chi connectivity index (χ0) is 24.5. The molecule has 0 aliphatic carbocycles. The highest BCUT2D eigenvalue weighted by molar-refractivity contribution is 5.93. The van der Waals surface area contributed by atoms with Gasteiger partial charge in [0.2, 0.25) is 5.75 Å². The van der Waals surface area contributed by atoms with Gasteiger partial charge in [-0.25, -0.2) is 10.2 Å². The quantitative estimate of drug-likeness (QED) is 0.216. The molecule has 0 saturated carbocycles. The smallest absolute Gasteiger partial charge is 0.343 e. The molecule has 3 aromatic rings. The van der Waals surface area contributed by atoms with Crippen LogP contribution < -0.4 is 24.4 Å². The number of aliphatic hydroxyl groups is 1. The predicted octanol–water partition coefficient (Wildman–Crippen LogP) is 3.12. The zero-order valence-electron chi connectivity index (χ0n) is 18.8. The minimum absolute atomic E-state index is 0.204. The van der Waals surface area contributed by atoms with Crippen LogP contribution in [0.1, 0.15) is 27.6 Å². The molecule has 0 aromatic heterocycles. The fraction of sp³-hybridized carbons (Fsp3) is 0.160.